The van der Waals surface area contributed by atoms with Crippen molar-refractivity contribution in [2.24, 2.45) is 0 Å². The van der Waals surface area contributed by atoms with E-state index in [2.05, 4.69) is 17.1 Å². The van der Waals surface area contributed by atoms with Crippen LogP contribution in [0, 0.1) is 0 Å². The van der Waals surface area contributed by atoms with Crippen molar-refractivity contribution < 1.29 is 9.53 Å². The summed E-state index contributed by atoms with van der Waals surface area (Å²) in [5, 5.41) is 4.11. The van der Waals surface area contributed by atoms with Gasteiger partial charge >= 0.3 is 0 Å². The Kier molecular flexibility index (Phi) is 8.15. The Morgan fingerprint density at radius 3 is 2.61 bits per heavy atom. The highest BCUT2D eigenvalue weighted by molar-refractivity contribution is 7.99. The smallest absolute Gasteiger partial charge is 0.262 e. The number of nitrogens with one attached hydrogen (secondary N) is 1. The van der Waals surface area contributed by atoms with Gasteiger partial charge in [0.1, 0.15) is 0 Å². The predicted octanol–water partition coefficient (Wildman–Crippen LogP) is 3.41. The Labute approximate surface area is 198 Å². The van der Waals surface area contributed by atoms with E-state index in [1.165, 1.54) is 17.3 Å². The van der Waals surface area contributed by atoms with Gasteiger partial charge in [0.2, 0.25) is 5.91 Å². The maximum absolute atomic E-state index is 13.2. The van der Waals surface area contributed by atoms with Crippen molar-refractivity contribution in [2.45, 2.75) is 31.5 Å². The molecule has 0 bridgehead atoms. The molecule has 8 heteroatoms. The zero-order chi connectivity index (χ0) is 23.0. The first kappa shape index (κ1) is 23.5. The number of carbonyl (C=O) groups excluding carboxylic acids is 1. The molecule has 33 heavy (non-hydrogen) atoms. The topological polar surface area (TPSA) is 76.5 Å². The third kappa shape index (κ3) is 6.22. The van der Waals surface area contributed by atoms with Crippen molar-refractivity contribution in [3.8, 4) is 0 Å². The lowest BCUT2D eigenvalue weighted by atomic mass is 10.1. The zero-order valence-electron chi connectivity index (χ0n) is 19.0. The van der Waals surface area contributed by atoms with Crippen molar-refractivity contribution in [1.29, 1.82) is 0 Å². The molecule has 0 aliphatic carbocycles. The maximum atomic E-state index is 13.2. The number of morpholine rings is 1. The van der Waals surface area contributed by atoms with Crippen LogP contribution in [0.2, 0.25) is 0 Å². The van der Waals surface area contributed by atoms with Gasteiger partial charge in [-0.2, -0.15) is 0 Å². The monoisotopic (exact) mass is 466 g/mol. The predicted molar refractivity (Wildman–Crippen MR) is 133 cm³/mol. The number of ether oxygens (including phenoxy) is 1. The van der Waals surface area contributed by atoms with Gasteiger partial charge in [-0.1, -0.05) is 43.0 Å². The third-order valence-electron chi connectivity index (χ3n) is 5.76. The van der Waals surface area contributed by atoms with Gasteiger partial charge in [-0.25, -0.2) is 4.98 Å². The molecule has 1 amide bonds. The molecule has 174 valence electrons. The van der Waals surface area contributed by atoms with Gasteiger partial charge in [0.05, 0.1) is 29.9 Å². The summed E-state index contributed by atoms with van der Waals surface area (Å²) in [5.74, 6) is 0.0653. The van der Waals surface area contributed by atoms with Crippen molar-refractivity contribution in [3.63, 3.8) is 0 Å². The summed E-state index contributed by atoms with van der Waals surface area (Å²) in [6.45, 7) is 6.93. The molecule has 0 saturated carbocycles. The van der Waals surface area contributed by atoms with Gasteiger partial charge in [-0.15, -0.1) is 0 Å². The lowest BCUT2D eigenvalue weighted by Crippen LogP contribution is -2.37. The molecule has 0 spiro atoms. The summed E-state index contributed by atoms with van der Waals surface area (Å²) < 4.78 is 7.13. The number of para-hydroxylation sites is 1. The highest BCUT2D eigenvalue weighted by atomic mass is 32.2. The lowest BCUT2D eigenvalue weighted by Gasteiger charge is -2.26. The SMILES string of the molecule is CCc1ccc(NC(=O)CSc2nc3ccccc3c(=O)n2CCCN2CCOCC2)cc1. The van der Waals surface area contributed by atoms with Gasteiger partial charge in [0, 0.05) is 31.9 Å². The minimum absolute atomic E-state index is 0.0550. The Balaban J connectivity index is 1.45. The quantitative estimate of drug-likeness (QED) is 0.385. The third-order valence-corrected chi connectivity index (χ3v) is 6.74. The standard InChI is InChI=1S/C25H30N4O3S/c1-2-19-8-10-20(11-9-19)26-23(30)18-33-25-27-22-7-4-3-6-21(22)24(31)29(25)13-5-12-28-14-16-32-17-15-28/h3-4,6-11H,2,5,12-18H2,1H3,(H,26,30). The van der Waals surface area contributed by atoms with Crippen LogP contribution in [0.15, 0.2) is 58.5 Å². The number of carbonyl (C=O) groups is 1. The number of amides is 1. The molecule has 1 saturated heterocycles. The van der Waals surface area contributed by atoms with Crippen LogP contribution in [0.25, 0.3) is 10.9 Å². The summed E-state index contributed by atoms with van der Waals surface area (Å²) >= 11 is 1.30. The van der Waals surface area contributed by atoms with E-state index < -0.39 is 0 Å². The number of hydrogen-bond acceptors (Lipinski definition) is 6. The number of nitrogens with zero attached hydrogens (tertiary/aromatic N) is 3. The van der Waals surface area contributed by atoms with Gasteiger partial charge in [0.15, 0.2) is 5.16 Å². The highest BCUT2D eigenvalue weighted by Gasteiger charge is 2.15. The molecule has 0 radical (unpaired) electrons. The first-order valence-corrected chi connectivity index (χ1v) is 12.4. The number of benzene rings is 2. The number of fused-ring (bicyclic) bond motifs is 1. The molecule has 0 atom stereocenters. The van der Waals surface area contributed by atoms with Gasteiger partial charge < -0.3 is 10.1 Å². The number of aromatic nitrogens is 2. The van der Waals surface area contributed by atoms with Crippen molar-refractivity contribution in [3.05, 3.63) is 64.4 Å². The van der Waals surface area contributed by atoms with Crippen LogP contribution in [0.3, 0.4) is 0 Å². The van der Waals surface area contributed by atoms with Crippen LogP contribution in [0.5, 0.6) is 0 Å². The minimum Gasteiger partial charge on any atom is -0.379 e. The minimum atomic E-state index is -0.119. The Hall–Kier alpha value is -2.68. The molecule has 1 fully saturated rings. The number of hydrogen-bond donors (Lipinski definition) is 1. The van der Waals surface area contributed by atoms with E-state index in [0.29, 0.717) is 22.6 Å². The van der Waals surface area contributed by atoms with Crippen LogP contribution < -0.4 is 10.9 Å². The molecule has 2 heterocycles. The fourth-order valence-corrected chi connectivity index (χ4v) is 4.71. The second-order valence-electron chi connectivity index (χ2n) is 8.06. The van der Waals surface area contributed by atoms with Gasteiger partial charge in [-0.05, 0) is 42.7 Å². The van der Waals surface area contributed by atoms with Crippen LogP contribution >= 0.6 is 11.8 Å². The lowest BCUT2D eigenvalue weighted by molar-refractivity contribution is -0.113. The Morgan fingerprint density at radius 2 is 1.85 bits per heavy atom. The van der Waals surface area contributed by atoms with E-state index in [1.54, 1.807) is 4.57 Å². The molecule has 1 aliphatic rings. The normalized spacial score (nSPS) is 14.5. The molecule has 4 rings (SSSR count). The molecule has 7 nitrogen and oxygen atoms in total. The maximum Gasteiger partial charge on any atom is 0.262 e. The van der Waals surface area contributed by atoms with Crippen LogP contribution in [-0.4, -0.2) is 59.0 Å². The Morgan fingerprint density at radius 1 is 1.09 bits per heavy atom. The van der Waals surface area contributed by atoms with Crippen LogP contribution in [-0.2, 0) is 22.5 Å². The van der Waals surface area contributed by atoms with Gasteiger partial charge in [-0.3, -0.25) is 19.1 Å². The second kappa shape index (κ2) is 11.4. The van der Waals surface area contributed by atoms with E-state index in [9.17, 15) is 9.59 Å². The van der Waals surface area contributed by atoms with E-state index >= 15 is 0 Å². The fourth-order valence-electron chi connectivity index (χ4n) is 3.88. The molecule has 1 N–H and O–H groups in total. The molecule has 3 aromatic rings. The summed E-state index contributed by atoms with van der Waals surface area (Å²) in [4.78, 5) is 32.8. The van der Waals surface area contributed by atoms with E-state index in [4.69, 9.17) is 9.72 Å². The second-order valence-corrected chi connectivity index (χ2v) is 9.01. The highest BCUT2D eigenvalue weighted by Crippen LogP contribution is 2.19. The molecular formula is C25H30N4O3S. The van der Waals surface area contributed by atoms with Gasteiger partial charge in [0.25, 0.3) is 5.56 Å². The summed E-state index contributed by atoms with van der Waals surface area (Å²) in [6.07, 6.45) is 1.80. The number of rotatable bonds is 9. The van der Waals surface area contributed by atoms with E-state index in [1.807, 2.05) is 48.5 Å². The number of thioether (sulfide) groups is 1. The first-order valence-electron chi connectivity index (χ1n) is 11.5. The summed E-state index contributed by atoms with van der Waals surface area (Å²) in [5.41, 5.74) is 2.60. The first-order chi connectivity index (χ1) is 16.1. The van der Waals surface area contributed by atoms with Crippen LogP contribution in [0.4, 0.5) is 5.69 Å². The Bertz CT molecular complexity index is 1140. The molecule has 0 unspecified atom stereocenters. The van der Waals surface area contributed by atoms with E-state index in [-0.39, 0.29) is 17.2 Å². The van der Waals surface area contributed by atoms with Crippen molar-refractivity contribution >= 4 is 34.3 Å². The van der Waals surface area contributed by atoms with Crippen LogP contribution in [0.1, 0.15) is 18.9 Å². The fraction of sp³-hybridized carbons (Fsp3) is 0.400. The average Bonchev–Trinajstić information content (AvgIpc) is 2.85. The number of aryl methyl sites for hydroxylation is 1. The number of anilines is 1. The van der Waals surface area contributed by atoms with Crippen molar-refractivity contribution in [2.75, 3.05) is 43.9 Å². The average molecular weight is 467 g/mol. The summed E-state index contributed by atoms with van der Waals surface area (Å²) in [6, 6.07) is 15.2. The molecule has 1 aliphatic heterocycles. The summed E-state index contributed by atoms with van der Waals surface area (Å²) in [7, 11) is 0. The largest absolute Gasteiger partial charge is 0.379 e. The molecule has 1 aromatic heterocycles. The van der Waals surface area contributed by atoms with E-state index in [0.717, 1.165) is 51.4 Å². The molecule has 2 aromatic carbocycles. The van der Waals surface area contributed by atoms with Crippen molar-refractivity contribution in [1.82, 2.24) is 14.5 Å². The zero-order valence-corrected chi connectivity index (χ0v) is 19.8. The molecular weight excluding hydrogens is 436 g/mol.